The fourth-order valence-corrected chi connectivity index (χ4v) is 0.669. The van der Waals surface area contributed by atoms with Gasteiger partial charge in [0.1, 0.15) is 0 Å². The first kappa shape index (κ1) is 8.63. The van der Waals surface area contributed by atoms with Gasteiger partial charge in [-0.2, -0.15) is 0 Å². The molecule has 0 aliphatic carbocycles. The van der Waals surface area contributed by atoms with Crippen molar-refractivity contribution < 1.29 is 4.79 Å². The van der Waals surface area contributed by atoms with Crippen LogP contribution in [0.15, 0.2) is 0 Å². The molecule has 0 saturated heterocycles. The van der Waals surface area contributed by atoms with Crippen LogP contribution in [-0.2, 0) is 4.79 Å². The van der Waals surface area contributed by atoms with Gasteiger partial charge in [0.05, 0.1) is 6.04 Å². The number of carbonyl (C=O) groups excluding carboxylic acids is 1. The molecule has 0 saturated carbocycles. The van der Waals surface area contributed by atoms with Crippen LogP contribution in [0.3, 0.4) is 0 Å². The molecule has 9 heavy (non-hydrogen) atoms. The van der Waals surface area contributed by atoms with Gasteiger partial charge in [0.25, 0.3) is 0 Å². The van der Waals surface area contributed by atoms with Crippen LogP contribution < -0.4 is 5.32 Å². The fraction of sp³-hybridized carbons (Fsp3) is 0.857. The summed E-state index contributed by atoms with van der Waals surface area (Å²) in [5, 5.41) is 2.87. The van der Waals surface area contributed by atoms with E-state index in [4.69, 9.17) is 0 Å². The van der Waals surface area contributed by atoms with Crippen molar-refractivity contribution in [3.05, 3.63) is 0 Å². The molecule has 2 heteroatoms. The Labute approximate surface area is 56.6 Å². The van der Waals surface area contributed by atoms with Crippen molar-refractivity contribution in [2.75, 3.05) is 7.05 Å². The highest BCUT2D eigenvalue weighted by Gasteiger charge is 2.22. The molecule has 0 heterocycles. The van der Waals surface area contributed by atoms with E-state index in [1.807, 2.05) is 27.1 Å². The zero-order chi connectivity index (χ0) is 7.49. The highest BCUT2D eigenvalue weighted by molar-refractivity contribution is 5.59. The monoisotopic (exact) mass is 128 g/mol. The molecule has 0 aliphatic rings. The van der Waals surface area contributed by atoms with Crippen LogP contribution in [0.4, 0.5) is 0 Å². The van der Waals surface area contributed by atoms with E-state index in [9.17, 15) is 4.79 Å². The molecule has 1 N–H and O–H groups in total. The van der Waals surface area contributed by atoms with E-state index < -0.39 is 0 Å². The first-order valence-electron chi connectivity index (χ1n) is 3.07. The lowest BCUT2D eigenvalue weighted by Gasteiger charge is -2.24. The van der Waals surface area contributed by atoms with Gasteiger partial charge in [-0.15, -0.1) is 0 Å². The molecule has 0 rings (SSSR count). The Bertz CT molecular complexity index is 93.6. The Kier molecular flexibility index (Phi) is 2.85. The largest absolute Gasteiger partial charge is 0.310 e. The van der Waals surface area contributed by atoms with E-state index in [0.29, 0.717) is 0 Å². The summed E-state index contributed by atoms with van der Waals surface area (Å²) < 4.78 is 0. The number of rotatable bonds is 2. The Hall–Kier alpha value is -0.370. The van der Waals surface area contributed by atoms with Crippen molar-refractivity contribution in [2.24, 2.45) is 5.41 Å². The SMILES string of the molecule is CN[C@H]([C]=O)C(C)(C)C. The third-order valence-electron chi connectivity index (χ3n) is 1.27. The minimum atomic E-state index is -0.155. The molecule has 53 valence electrons. The van der Waals surface area contributed by atoms with Gasteiger partial charge in [0.2, 0.25) is 6.29 Å². The topological polar surface area (TPSA) is 29.1 Å². The molecule has 1 radical (unpaired) electrons. The predicted molar refractivity (Wildman–Crippen MR) is 38.0 cm³/mol. The zero-order valence-electron chi connectivity index (χ0n) is 6.49. The van der Waals surface area contributed by atoms with Gasteiger partial charge in [0, 0.05) is 0 Å². The average Bonchev–Trinajstić information content (AvgIpc) is 1.65. The first-order chi connectivity index (χ1) is 4.02. The maximum absolute atomic E-state index is 10.2. The van der Waals surface area contributed by atoms with Gasteiger partial charge in [0.15, 0.2) is 0 Å². The lowest BCUT2D eigenvalue weighted by molar-refractivity contribution is 0.334. The molecule has 0 unspecified atom stereocenters. The second-order valence-electron chi connectivity index (χ2n) is 3.21. The third-order valence-corrected chi connectivity index (χ3v) is 1.27. The summed E-state index contributed by atoms with van der Waals surface area (Å²) in [4.78, 5) is 10.2. The van der Waals surface area contributed by atoms with Gasteiger partial charge < -0.3 is 5.32 Å². The maximum atomic E-state index is 10.2. The lowest BCUT2D eigenvalue weighted by Crippen LogP contribution is -2.39. The quantitative estimate of drug-likeness (QED) is 0.594. The van der Waals surface area contributed by atoms with Crippen LogP contribution >= 0.6 is 0 Å². The van der Waals surface area contributed by atoms with E-state index in [-0.39, 0.29) is 11.5 Å². The van der Waals surface area contributed by atoms with Crippen LogP contribution in [-0.4, -0.2) is 19.4 Å². The lowest BCUT2D eigenvalue weighted by atomic mass is 9.88. The van der Waals surface area contributed by atoms with E-state index >= 15 is 0 Å². The third kappa shape index (κ3) is 2.61. The summed E-state index contributed by atoms with van der Waals surface area (Å²) in [5.41, 5.74) is -0.0174. The molecule has 0 aliphatic heterocycles. The summed E-state index contributed by atoms with van der Waals surface area (Å²) in [7, 11) is 1.76. The van der Waals surface area contributed by atoms with Gasteiger partial charge >= 0.3 is 0 Å². The van der Waals surface area contributed by atoms with Gasteiger partial charge in [-0.25, -0.2) is 0 Å². The minimum absolute atomic E-state index is 0.0174. The number of hydrogen-bond donors (Lipinski definition) is 1. The minimum Gasteiger partial charge on any atom is -0.310 e. The Morgan fingerprint density at radius 1 is 1.44 bits per heavy atom. The number of nitrogens with one attached hydrogen (secondary N) is 1. The molecule has 0 spiro atoms. The highest BCUT2D eigenvalue weighted by atomic mass is 16.1. The summed E-state index contributed by atoms with van der Waals surface area (Å²) in [6.07, 6.45) is 1.93. The van der Waals surface area contributed by atoms with E-state index in [1.165, 1.54) is 0 Å². The van der Waals surface area contributed by atoms with Crippen molar-refractivity contribution in [3.63, 3.8) is 0 Å². The van der Waals surface area contributed by atoms with Crippen LogP contribution in [0.25, 0.3) is 0 Å². The second kappa shape index (κ2) is 2.97. The molecule has 1 atom stereocenters. The fourth-order valence-electron chi connectivity index (χ4n) is 0.669. The Morgan fingerprint density at radius 2 is 1.89 bits per heavy atom. The molecular formula is C7H14NO. The summed E-state index contributed by atoms with van der Waals surface area (Å²) in [6.45, 7) is 6.00. The van der Waals surface area contributed by atoms with Gasteiger partial charge in [-0.3, -0.25) is 4.79 Å². The van der Waals surface area contributed by atoms with E-state index in [1.54, 1.807) is 7.05 Å². The standard InChI is InChI=1S/C7H14NO/c1-7(2,3)6(5-9)8-4/h6,8H,1-4H3/t6-/m1/s1. The summed E-state index contributed by atoms with van der Waals surface area (Å²) >= 11 is 0. The number of hydrogen-bond acceptors (Lipinski definition) is 2. The molecular weight excluding hydrogens is 114 g/mol. The van der Waals surface area contributed by atoms with Crippen molar-refractivity contribution >= 4 is 6.29 Å². The van der Waals surface area contributed by atoms with E-state index in [2.05, 4.69) is 5.32 Å². The molecule has 0 amide bonds. The van der Waals surface area contributed by atoms with Crippen LogP contribution in [0, 0.1) is 5.41 Å². The highest BCUT2D eigenvalue weighted by Crippen LogP contribution is 2.16. The first-order valence-corrected chi connectivity index (χ1v) is 3.07. The second-order valence-corrected chi connectivity index (χ2v) is 3.21. The molecule has 2 nitrogen and oxygen atoms in total. The van der Waals surface area contributed by atoms with Gasteiger partial charge in [-0.1, -0.05) is 20.8 Å². The van der Waals surface area contributed by atoms with Crippen molar-refractivity contribution in [3.8, 4) is 0 Å². The average molecular weight is 128 g/mol. The van der Waals surface area contributed by atoms with Gasteiger partial charge in [-0.05, 0) is 12.5 Å². The van der Waals surface area contributed by atoms with Crippen molar-refractivity contribution in [1.82, 2.24) is 5.32 Å². The Morgan fingerprint density at radius 3 is 1.89 bits per heavy atom. The molecule has 0 aromatic rings. The molecule has 0 aromatic carbocycles. The maximum Gasteiger partial charge on any atom is 0.217 e. The molecule has 0 bridgehead atoms. The summed E-state index contributed by atoms with van der Waals surface area (Å²) in [5.74, 6) is 0. The zero-order valence-corrected chi connectivity index (χ0v) is 6.49. The van der Waals surface area contributed by atoms with Crippen LogP contribution in [0.5, 0.6) is 0 Å². The molecule has 0 fully saturated rings. The van der Waals surface area contributed by atoms with Crippen molar-refractivity contribution in [2.45, 2.75) is 26.8 Å². The predicted octanol–water partition coefficient (Wildman–Crippen LogP) is 0.730. The van der Waals surface area contributed by atoms with Crippen LogP contribution in [0.1, 0.15) is 20.8 Å². The smallest absolute Gasteiger partial charge is 0.217 e. The van der Waals surface area contributed by atoms with E-state index in [0.717, 1.165) is 0 Å². The van der Waals surface area contributed by atoms with Crippen molar-refractivity contribution in [1.29, 1.82) is 0 Å². The number of likely N-dealkylation sites (N-methyl/N-ethyl adjacent to an activating group) is 1. The Balaban J connectivity index is 3.94. The molecule has 0 aromatic heterocycles. The summed E-state index contributed by atoms with van der Waals surface area (Å²) in [6, 6.07) is -0.155. The van der Waals surface area contributed by atoms with Crippen LogP contribution in [0.2, 0.25) is 0 Å². The normalized spacial score (nSPS) is 15.1.